The second-order valence-corrected chi connectivity index (χ2v) is 2.21. The summed E-state index contributed by atoms with van der Waals surface area (Å²) in [5.41, 5.74) is 0. The molecule has 0 aromatic rings. The lowest BCUT2D eigenvalue weighted by Crippen LogP contribution is -2.05. The first-order valence-electron chi connectivity index (χ1n) is 2.75. The van der Waals surface area contributed by atoms with Crippen LogP contribution in [0.5, 0.6) is 0 Å². The summed E-state index contributed by atoms with van der Waals surface area (Å²) in [5.74, 6) is 0.441. The lowest BCUT2D eigenvalue weighted by Gasteiger charge is -2.05. The van der Waals surface area contributed by atoms with Crippen LogP contribution in [0.15, 0.2) is 4.99 Å². The molecule has 2 heteroatoms. The third kappa shape index (κ3) is 2.54. The van der Waals surface area contributed by atoms with Crippen molar-refractivity contribution in [3.8, 4) is 0 Å². The SMILES string of the molecule is CC(C)[C@@H](C)N=C=O. The molecule has 0 amide bonds. The minimum Gasteiger partial charge on any atom is -0.211 e. The van der Waals surface area contributed by atoms with Gasteiger partial charge in [0, 0.05) is 0 Å². The lowest BCUT2D eigenvalue weighted by atomic mass is 10.1. The van der Waals surface area contributed by atoms with E-state index in [2.05, 4.69) is 4.99 Å². The Bertz CT molecular complexity index is 103. The molecule has 46 valence electrons. The van der Waals surface area contributed by atoms with E-state index in [-0.39, 0.29) is 6.04 Å². The van der Waals surface area contributed by atoms with Crippen molar-refractivity contribution in [2.75, 3.05) is 0 Å². The molecule has 0 aliphatic heterocycles. The van der Waals surface area contributed by atoms with Gasteiger partial charge in [0.15, 0.2) is 0 Å². The van der Waals surface area contributed by atoms with E-state index >= 15 is 0 Å². The molecule has 0 bridgehead atoms. The zero-order chi connectivity index (χ0) is 6.57. The van der Waals surface area contributed by atoms with Crippen molar-refractivity contribution in [3.05, 3.63) is 0 Å². The van der Waals surface area contributed by atoms with Gasteiger partial charge >= 0.3 is 0 Å². The number of aliphatic imine (C=N–C) groups is 1. The molecule has 1 atom stereocenters. The zero-order valence-electron chi connectivity index (χ0n) is 5.51. The summed E-state index contributed by atoms with van der Waals surface area (Å²) in [5, 5.41) is 0. The summed E-state index contributed by atoms with van der Waals surface area (Å²) in [7, 11) is 0. The predicted octanol–water partition coefficient (Wildman–Crippen LogP) is 1.37. The van der Waals surface area contributed by atoms with E-state index in [1.165, 1.54) is 6.08 Å². The van der Waals surface area contributed by atoms with Crippen LogP contribution in [0.25, 0.3) is 0 Å². The largest absolute Gasteiger partial charge is 0.235 e. The smallest absolute Gasteiger partial charge is 0.211 e. The maximum Gasteiger partial charge on any atom is 0.235 e. The molecule has 8 heavy (non-hydrogen) atoms. The maximum atomic E-state index is 9.63. The van der Waals surface area contributed by atoms with Gasteiger partial charge in [0.2, 0.25) is 6.08 Å². The van der Waals surface area contributed by atoms with Crippen LogP contribution in [0.2, 0.25) is 0 Å². The van der Waals surface area contributed by atoms with Crippen LogP contribution in [0.3, 0.4) is 0 Å². The average Bonchev–Trinajstić information content (AvgIpc) is 1.67. The van der Waals surface area contributed by atoms with Gasteiger partial charge < -0.3 is 0 Å². The van der Waals surface area contributed by atoms with Crippen molar-refractivity contribution < 1.29 is 4.79 Å². The van der Waals surface area contributed by atoms with Gasteiger partial charge in [-0.05, 0) is 12.8 Å². The van der Waals surface area contributed by atoms with Crippen LogP contribution in [0.4, 0.5) is 0 Å². The first-order chi connectivity index (χ1) is 3.68. The second-order valence-electron chi connectivity index (χ2n) is 2.21. The van der Waals surface area contributed by atoms with Gasteiger partial charge in [0.1, 0.15) is 0 Å². The average molecular weight is 113 g/mol. The quantitative estimate of drug-likeness (QED) is 0.393. The van der Waals surface area contributed by atoms with E-state index in [0.717, 1.165) is 0 Å². The van der Waals surface area contributed by atoms with Gasteiger partial charge in [-0.3, -0.25) is 0 Å². The highest BCUT2D eigenvalue weighted by Gasteiger charge is 2.01. The van der Waals surface area contributed by atoms with Crippen molar-refractivity contribution in [1.82, 2.24) is 0 Å². The Balaban J connectivity index is 3.63. The van der Waals surface area contributed by atoms with Gasteiger partial charge in [-0.25, -0.2) is 9.79 Å². The minimum atomic E-state index is 0.118. The molecule has 0 saturated carbocycles. The first-order valence-corrected chi connectivity index (χ1v) is 2.75. The number of carbonyl (C=O) groups excluding carboxylic acids is 1. The number of hydrogen-bond acceptors (Lipinski definition) is 2. The zero-order valence-corrected chi connectivity index (χ0v) is 5.51. The summed E-state index contributed by atoms with van der Waals surface area (Å²) in [6.45, 7) is 5.94. The molecule has 0 heterocycles. The molecule has 0 saturated heterocycles. The lowest BCUT2D eigenvalue weighted by molar-refractivity contribution is 0.514. The van der Waals surface area contributed by atoms with Crippen LogP contribution in [-0.2, 0) is 4.79 Å². The topological polar surface area (TPSA) is 29.4 Å². The van der Waals surface area contributed by atoms with Crippen LogP contribution in [0, 0.1) is 5.92 Å². The molecular formula is C6H11NO. The molecule has 0 fully saturated rings. The van der Waals surface area contributed by atoms with Crippen LogP contribution >= 0.6 is 0 Å². The molecule has 0 unspecified atom stereocenters. The Morgan fingerprint density at radius 3 is 2.00 bits per heavy atom. The van der Waals surface area contributed by atoms with E-state index in [1.807, 2.05) is 20.8 Å². The molecule has 0 spiro atoms. The number of hydrogen-bond donors (Lipinski definition) is 0. The van der Waals surface area contributed by atoms with Crippen LogP contribution in [-0.4, -0.2) is 12.1 Å². The molecule has 0 radical (unpaired) electrons. The van der Waals surface area contributed by atoms with Crippen molar-refractivity contribution in [1.29, 1.82) is 0 Å². The van der Waals surface area contributed by atoms with E-state index in [4.69, 9.17) is 0 Å². The fourth-order valence-electron chi connectivity index (χ4n) is 0.232. The van der Waals surface area contributed by atoms with E-state index < -0.39 is 0 Å². The van der Waals surface area contributed by atoms with Gasteiger partial charge in [-0.1, -0.05) is 13.8 Å². The van der Waals surface area contributed by atoms with Crippen LogP contribution < -0.4 is 0 Å². The molecular weight excluding hydrogens is 102 g/mol. The number of isocyanates is 1. The van der Waals surface area contributed by atoms with Gasteiger partial charge in [-0.15, -0.1) is 0 Å². The summed E-state index contributed by atoms with van der Waals surface area (Å²) in [4.78, 5) is 13.1. The monoisotopic (exact) mass is 113 g/mol. The van der Waals surface area contributed by atoms with Gasteiger partial charge in [0.05, 0.1) is 6.04 Å². The molecule has 2 nitrogen and oxygen atoms in total. The second kappa shape index (κ2) is 3.39. The molecule has 0 N–H and O–H groups in total. The fourth-order valence-corrected chi connectivity index (χ4v) is 0.232. The van der Waals surface area contributed by atoms with E-state index in [9.17, 15) is 4.79 Å². The van der Waals surface area contributed by atoms with Crippen LogP contribution in [0.1, 0.15) is 20.8 Å². The van der Waals surface area contributed by atoms with E-state index in [1.54, 1.807) is 0 Å². The standard InChI is InChI=1S/C6H11NO/c1-5(2)6(3)7-4-8/h5-6H,1-3H3/t6-/m1/s1. The molecule has 0 rings (SSSR count). The Kier molecular flexibility index (Phi) is 3.13. The first kappa shape index (κ1) is 7.38. The Labute approximate surface area is 49.6 Å². The predicted molar refractivity (Wildman–Crippen MR) is 32.4 cm³/mol. The molecule has 0 aliphatic carbocycles. The number of nitrogens with zero attached hydrogens (tertiary/aromatic N) is 1. The third-order valence-corrected chi connectivity index (χ3v) is 1.22. The van der Waals surface area contributed by atoms with Crippen molar-refractivity contribution in [3.63, 3.8) is 0 Å². The Morgan fingerprint density at radius 1 is 1.38 bits per heavy atom. The summed E-state index contributed by atoms with van der Waals surface area (Å²) in [6.07, 6.45) is 1.52. The Hall–Kier alpha value is -0.620. The fraction of sp³-hybridized carbons (Fsp3) is 0.833. The molecule has 0 aliphatic rings. The van der Waals surface area contributed by atoms with Gasteiger partial charge in [-0.2, -0.15) is 0 Å². The minimum absolute atomic E-state index is 0.118. The number of rotatable bonds is 2. The highest BCUT2D eigenvalue weighted by Crippen LogP contribution is 2.02. The molecule has 0 aromatic heterocycles. The Morgan fingerprint density at radius 2 is 1.88 bits per heavy atom. The van der Waals surface area contributed by atoms with E-state index in [0.29, 0.717) is 5.92 Å². The highest BCUT2D eigenvalue weighted by atomic mass is 16.1. The summed E-state index contributed by atoms with van der Waals surface area (Å²) < 4.78 is 0. The third-order valence-electron chi connectivity index (χ3n) is 1.22. The van der Waals surface area contributed by atoms with Crippen molar-refractivity contribution in [2.24, 2.45) is 10.9 Å². The van der Waals surface area contributed by atoms with Crippen molar-refractivity contribution in [2.45, 2.75) is 26.8 Å². The summed E-state index contributed by atoms with van der Waals surface area (Å²) >= 11 is 0. The summed E-state index contributed by atoms with van der Waals surface area (Å²) in [6, 6.07) is 0.118. The maximum absolute atomic E-state index is 9.63. The van der Waals surface area contributed by atoms with Gasteiger partial charge in [0.25, 0.3) is 0 Å². The normalized spacial score (nSPS) is 13.0. The molecule has 0 aromatic carbocycles. The highest BCUT2D eigenvalue weighted by molar-refractivity contribution is 5.33. The van der Waals surface area contributed by atoms with Crippen molar-refractivity contribution >= 4 is 6.08 Å².